The highest BCUT2D eigenvalue weighted by atomic mass is 32.2. The van der Waals surface area contributed by atoms with Gasteiger partial charge in [0.1, 0.15) is 0 Å². The van der Waals surface area contributed by atoms with Crippen molar-refractivity contribution < 1.29 is 26.5 Å². The molecule has 0 unspecified atom stereocenters. The third kappa shape index (κ3) is 3.49. The number of rotatable bonds is 4. The fourth-order valence-corrected chi connectivity index (χ4v) is 3.98. The van der Waals surface area contributed by atoms with Crippen molar-refractivity contribution in [3.8, 4) is 0 Å². The van der Waals surface area contributed by atoms with Crippen LogP contribution in [0.4, 0.5) is 24.5 Å². The van der Waals surface area contributed by atoms with Gasteiger partial charge in [0.2, 0.25) is 10.0 Å². The summed E-state index contributed by atoms with van der Waals surface area (Å²) in [6.45, 7) is 0.0222. The molecule has 1 aliphatic heterocycles. The van der Waals surface area contributed by atoms with Crippen LogP contribution in [0.15, 0.2) is 18.2 Å². The van der Waals surface area contributed by atoms with Crippen molar-refractivity contribution in [2.24, 2.45) is 0 Å². The van der Waals surface area contributed by atoms with E-state index in [0.29, 0.717) is 12.8 Å². The summed E-state index contributed by atoms with van der Waals surface area (Å²) in [7, 11) is -4.18. The second-order valence-corrected chi connectivity index (χ2v) is 6.90. The topological polar surface area (TPSA) is 80.5 Å². The first kappa shape index (κ1) is 16.5. The largest absolute Gasteiger partial charge is 0.390 e. The maximum absolute atomic E-state index is 12.2. The van der Waals surface area contributed by atoms with Crippen LogP contribution in [0.5, 0.6) is 0 Å². The molecule has 1 heterocycles. The highest BCUT2D eigenvalue weighted by Gasteiger charge is 2.35. The number of alkyl halides is 3. The Morgan fingerprint density at radius 2 is 2.00 bits per heavy atom. The highest BCUT2D eigenvalue weighted by molar-refractivity contribution is 7.92. The summed E-state index contributed by atoms with van der Waals surface area (Å²) in [5.74, 6) is -1.07. The Bertz CT molecular complexity index is 688. The molecule has 0 aromatic heterocycles. The Labute approximate surface area is 124 Å². The van der Waals surface area contributed by atoms with Gasteiger partial charge in [0.15, 0.2) is 0 Å². The molecular formula is C12H13F3N2O4S. The van der Waals surface area contributed by atoms with Gasteiger partial charge in [0, 0.05) is 12.6 Å². The first-order chi connectivity index (χ1) is 10.1. The summed E-state index contributed by atoms with van der Waals surface area (Å²) in [4.78, 5) is 10.4. The standard InChI is InChI=1S/C12H13F3N2O4S/c13-12(14,15)6-8-22(20,21)16-7-2-3-9-10(16)4-1-5-11(9)17(18)19/h1,4-5H,2-3,6-8H2. The number of nitro benzene ring substituents is 1. The molecule has 0 spiro atoms. The number of fused-ring (bicyclic) bond motifs is 1. The maximum atomic E-state index is 12.2. The molecule has 1 aromatic carbocycles. The van der Waals surface area contributed by atoms with Gasteiger partial charge in [-0.15, -0.1) is 0 Å². The number of nitrogens with zero attached hydrogens (tertiary/aromatic N) is 2. The van der Waals surface area contributed by atoms with Crippen molar-refractivity contribution >= 4 is 21.4 Å². The Hall–Kier alpha value is -1.84. The molecule has 0 aliphatic carbocycles. The summed E-state index contributed by atoms with van der Waals surface area (Å²) in [5, 5.41) is 11.0. The number of nitro groups is 1. The number of sulfonamides is 1. The SMILES string of the molecule is O=[N+]([O-])c1cccc2c1CCCN2S(=O)(=O)CCC(F)(F)F. The summed E-state index contributed by atoms with van der Waals surface area (Å²) in [5.41, 5.74) is 0.130. The molecule has 2 rings (SSSR count). The van der Waals surface area contributed by atoms with Crippen LogP contribution < -0.4 is 4.31 Å². The smallest absolute Gasteiger partial charge is 0.270 e. The molecule has 0 atom stereocenters. The quantitative estimate of drug-likeness (QED) is 0.624. The molecular weight excluding hydrogens is 325 g/mol. The monoisotopic (exact) mass is 338 g/mol. The predicted molar refractivity (Wildman–Crippen MR) is 73.2 cm³/mol. The number of benzene rings is 1. The first-order valence-electron chi connectivity index (χ1n) is 6.45. The van der Waals surface area contributed by atoms with Crippen LogP contribution in [0.2, 0.25) is 0 Å². The van der Waals surface area contributed by atoms with Gasteiger partial charge in [-0.05, 0) is 18.9 Å². The molecule has 0 N–H and O–H groups in total. The molecule has 0 amide bonds. The van der Waals surface area contributed by atoms with E-state index in [-0.39, 0.29) is 23.5 Å². The molecule has 0 radical (unpaired) electrons. The molecule has 6 nitrogen and oxygen atoms in total. The average molecular weight is 338 g/mol. The van der Waals surface area contributed by atoms with Crippen molar-refractivity contribution in [1.82, 2.24) is 0 Å². The van der Waals surface area contributed by atoms with E-state index in [0.717, 1.165) is 4.31 Å². The molecule has 0 fully saturated rings. The normalized spacial score (nSPS) is 15.5. The van der Waals surface area contributed by atoms with Crippen LogP contribution in [-0.2, 0) is 16.4 Å². The average Bonchev–Trinajstić information content (AvgIpc) is 2.43. The number of anilines is 1. The molecule has 10 heteroatoms. The van der Waals surface area contributed by atoms with Gasteiger partial charge in [-0.1, -0.05) is 6.07 Å². The lowest BCUT2D eigenvalue weighted by atomic mass is 10.0. The van der Waals surface area contributed by atoms with E-state index in [1.807, 2.05) is 0 Å². The molecule has 0 saturated heterocycles. The minimum Gasteiger partial charge on any atom is -0.270 e. The van der Waals surface area contributed by atoms with E-state index in [9.17, 15) is 31.7 Å². The van der Waals surface area contributed by atoms with Gasteiger partial charge < -0.3 is 0 Å². The van der Waals surface area contributed by atoms with E-state index in [1.165, 1.54) is 18.2 Å². The van der Waals surface area contributed by atoms with Crippen molar-refractivity contribution in [2.75, 3.05) is 16.6 Å². The summed E-state index contributed by atoms with van der Waals surface area (Å²) < 4.78 is 61.9. The van der Waals surface area contributed by atoms with Crippen molar-refractivity contribution in [1.29, 1.82) is 0 Å². The molecule has 22 heavy (non-hydrogen) atoms. The summed E-state index contributed by atoms with van der Waals surface area (Å²) in [6.07, 6.45) is -5.38. The molecule has 1 aliphatic rings. The van der Waals surface area contributed by atoms with E-state index >= 15 is 0 Å². The van der Waals surface area contributed by atoms with Crippen LogP contribution in [0, 0.1) is 10.1 Å². The number of halogens is 3. The van der Waals surface area contributed by atoms with Gasteiger partial charge in [-0.3, -0.25) is 14.4 Å². The number of hydrogen-bond acceptors (Lipinski definition) is 4. The fraction of sp³-hybridized carbons (Fsp3) is 0.500. The van der Waals surface area contributed by atoms with Crippen molar-refractivity contribution in [3.05, 3.63) is 33.9 Å². The van der Waals surface area contributed by atoms with Crippen molar-refractivity contribution in [2.45, 2.75) is 25.4 Å². The lowest BCUT2D eigenvalue weighted by Crippen LogP contribution is -2.38. The van der Waals surface area contributed by atoms with Gasteiger partial charge in [-0.25, -0.2) is 8.42 Å². The zero-order chi connectivity index (χ0) is 16.5. The van der Waals surface area contributed by atoms with Crippen LogP contribution >= 0.6 is 0 Å². The molecule has 0 bridgehead atoms. The van der Waals surface area contributed by atoms with Crippen LogP contribution in [0.1, 0.15) is 18.4 Å². The van der Waals surface area contributed by atoms with E-state index in [1.54, 1.807) is 0 Å². The second kappa shape index (κ2) is 5.75. The van der Waals surface area contributed by atoms with Gasteiger partial charge >= 0.3 is 6.18 Å². The van der Waals surface area contributed by atoms with Crippen LogP contribution in [0.3, 0.4) is 0 Å². The third-order valence-electron chi connectivity index (χ3n) is 3.36. The first-order valence-corrected chi connectivity index (χ1v) is 8.06. The van der Waals surface area contributed by atoms with Gasteiger partial charge in [0.05, 0.1) is 28.3 Å². The zero-order valence-electron chi connectivity index (χ0n) is 11.3. The lowest BCUT2D eigenvalue weighted by molar-refractivity contribution is -0.385. The second-order valence-electron chi connectivity index (χ2n) is 4.89. The van der Waals surface area contributed by atoms with E-state index in [2.05, 4.69) is 0 Å². The van der Waals surface area contributed by atoms with Gasteiger partial charge in [0.25, 0.3) is 5.69 Å². The minimum absolute atomic E-state index is 0.0222. The lowest BCUT2D eigenvalue weighted by Gasteiger charge is -2.30. The fourth-order valence-electron chi connectivity index (χ4n) is 2.39. The maximum Gasteiger partial charge on any atom is 0.390 e. The third-order valence-corrected chi connectivity index (χ3v) is 5.13. The molecule has 122 valence electrons. The van der Waals surface area contributed by atoms with E-state index in [4.69, 9.17) is 0 Å². The zero-order valence-corrected chi connectivity index (χ0v) is 12.2. The Morgan fingerprint density at radius 1 is 1.32 bits per heavy atom. The molecule has 1 aromatic rings. The number of hydrogen-bond donors (Lipinski definition) is 0. The van der Waals surface area contributed by atoms with E-state index < -0.39 is 33.3 Å². The van der Waals surface area contributed by atoms with Crippen LogP contribution in [-0.4, -0.2) is 31.8 Å². The molecule has 0 saturated carbocycles. The summed E-state index contributed by atoms with van der Waals surface area (Å²) >= 11 is 0. The Balaban J connectivity index is 2.37. The Morgan fingerprint density at radius 3 is 2.59 bits per heavy atom. The Kier molecular flexibility index (Phi) is 4.32. The van der Waals surface area contributed by atoms with Crippen molar-refractivity contribution in [3.63, 3.8) is 0 Å². The van der Waals surface area contributed by atoms with Crippen LogP contribution in [0.25, 0.3) is 0 Å². The highest BCUT2D eigenvalue weighted by Crippen LogP contribution is 2.36. The summed E-state index contributed by atoms with van der Waals surface area (Å²) in [6, 6.07) is 3.96. The predicted octanol–water partition coefficient (Wildman–Crippen LogP) is 2.63. The minimum atomic E-state index is -4.58. The van der Waals surface area contributed by atoms with Gasteiger partial charge in [-0.2, -0.15) is 13.2 Å².